The van der Waals surface area contributed by atoms with Crippen molar-refractivity contribution < 1.29 is 9.59 Å². The van der Waals surface area contributed by atoms with E-state index in [0.717, 1.165) is 51.1 Å². The van der Waals surface area contributed by atoms with Crippen LogP contribution in [0.2, 0.25) is 0 Å². The Morgan fingerprint density at radius 2 is 1.80 bits per heavy atom. The van der Waals surface area contributed by atoms with Gasteiger partial charge < -0.3 is 10.6 Å². The molecule has 2 aliphatic rings. The minimum absolute atomic E-state index is 0.0320. The van der Waals surface area contributed by atoms with Gasteiger partial charge in [0.05, 0.1) is 0 Å². The zero-order valence-corrected chi connectivity index (χ0v) is 16.5. The smallest absolute Gasteiger partial charge is 0.242 e. The van der Waals surface area contributed by atoms with Crippen molar-refractivity contribution >= 4 is 11.8 Å². The predicted molar refractivity (Wildman–Crippen MR) is 101 cm³/mol. The molecule has 1 saturated carbocycles. The molecule has 2 fully saturated rings. The van der Waals surface area contributed by atoms with Crippen molar-refractivity contribution in [3.63, 3.8) is 0 Å². The first-order valence-electron chi connectivity index (χ1n) is 10.2. The highest BCUT2D eigenvalue weighted by atomic mass is 16.2. The molecule has 0 spiro atoms. The molecular formula is C20H37N3O2. The maximum Gasteiger partial charge on any atom is 0.242 e. The largest absolute Gasteiger partial charge is 0.353 e. The molecule has 1 saturated heterocycles. The van der Waals surface area contributed by atoms with E-state index in [9.17, 15) is 9.59 Å². The Morgan fingerprint density at radius 1 is 1.12 bits per heavy atom. The molecular weight excluding hydrogens is 314 g/mol. The number of hydrogen-bond donors (Lipinski definition) is 2. The van der Waals surface area contributed by atoms with Gasteiger partial charge in [-0.2, -0.15) is 0 Å². The molecule has 0 aromatic rings. The molecule has 0 unspecified atom stereocenters. The molecule has 2 atom stereocenters. The van der Waals surface area contributed by atoms with Gasteiger partial charge in [-0.05, 0) is 63.5 Å². The molecule has 0 radical (unpaired) electrons. The normalized spacial score (nSPS) is 28.8. The summed E-state index contributed by atoms with van der Waals surface area (Å²) in [5.41, 5.74) is 0. The minimum atomic E-state index is -0.427. The van der Waals surface area contributed by atoms with Gasteiger partial charge >= 0.3 is 0 Å². The van der Waals surface area contributed by atoms with Crippen LogP contribution >= 0.6 is 0 Å². The second-order valence-corrected chi connectivity index (χ2v) is 8.36. The van der Waals surface area contributed by atoms with Crippen LogP contribution in [0.3, 0.4) is 0 Å². The van der Waals surface area contributed by atoms with Crippen LogP contribution in [0.4, 0.5) is 0 Å². The summed E-state index contributed by atoms with van der Waals surface area (Å²) in [7, 11) is 0. The van der Waals surface area contributed by atoms with Crippen molar-refractivity contribution in [2.75, 3.05) is 19.6 Å². The van der Waals surface area contributed by atoms with Crippen molar-refractivity contribution in [3.05, 3.63) is 0 Å². The summed E-state index contributed by atoms with van der Waals surface area (Å²) < 4.78 is 0. The van der Waals surface area contributed by atoms with Crippen molar-refractivity contribution in [2.24, 2.45) is 17.8 Å². The fraction of sp³-hybridized carbons (Fsp3) is 0.900. The van der Waals surface area contributed by atoms with Crippen LogP contribution in [0, 0.1) is 17.8 Å². The zero-order chi connectivity index (χ0) is 18.4. The van der Waals surface area contributed by atoms with Crippen molar-refractivity contribution in [1.29, 1.82) is 0 Å². The predicted octanol–water partition coefficient (Wildman–Crippen LogP) is 2.55. The molecule has 144 valence electrons. The quantitative estimate of drug-likeness (QED) is 0.741. The average Bonchev–Trinajstić information content (AvgIpc) is 3.05. The number of likely N-dealkylation sites (N-methyl/N-ethyl adjacent to an activating group) is 1. The summed E-state index contributed by atoms with van der Waals surface area (Å²) in [6, 6.07) is 0.0145. The van der Waals surface area contributed by atoms with Crippen molar-refractivity contribution in [3.8, 4) is 0 Å². The van der Waals surface area contributed by atoms with Crippen LogP contribution in [0.1, 0.15) is 66.2 Å². The first kappa shape index (κ1) is 20.2. The summed E-state index contributed by atoms with van der Waals surface area (Å²) in [6.45, 7) is 11.3. The van der Waals surface area contributed by atoms with E-state index in [1.807, 2.05) is 13.8 Å². The van der Waals surface area contributed by atoms with Gasteiger partial charge in [-0.3, -0.25) is 14.5 Å². The highest BCUT2D eigenvalue weighted by Gasteiger charge is 2.30. The molecule has 1 heterocycles. The lowest BCUT2D eigenvalue weighted by atomic mass is 9.82. The van der Waals surface area contributed by atoms with Gasteiger partial charge in [-0.25, -0.2) is 0 Å². The average molecular weight is 352 g/mol. The number of hydrogen-bond acceptors (Lipinski definition) is 3. The Bertz CT molecular complexity index is 444. The third-order valence-corrected chi connectivity index (χ3v) is 6.05. The van der Waals surface area contributed by atoms with Gasteiger partial charge in [0.2, 0.25) is 11.8 Å². The SMILES string of the molecule is CCN1CCC[C@H]1CNC(=O)[C@H](NC(=O)C1CCC(C)CC1)C(C)C. The van der Waals surface area contributed by atoms with Gasteiger partial charge in [0.15, 0.2) is 0 Å². The van der Waals surface area contributed by atoms with E-state index < -0.39 is 6.04 Å². The maximum absolute atomic E-state index is 12.7. The van der Waals surface area contributed by atoms with Crippen LogP contribution in [-0.2, 0) is 9.59 Å². The monoisotopic (exact) mass is 351 g/mol. The Balaban J connectivity index is 1.84. The summed E-state index contributed by atoms with van der Waals surface area (Å²) in [4.78, 5) is 27.7. The fourth-order valence-electron chi connectivity index (χ4n) is 4.20. The van der Waals surface area contributed by atoms with Crippen LogP contribution in [0.15, 0.2) is 0 Å². The fourth-order valence-corrected chi connectivity index (χ4v) is 4.20. The van der Waals surface area contributed by atoms with E-state index in [1.54, 1.807) is 0 Å². The van der Waals surface area contributed by atoms with E-state index in [2.05, 4.69) is 29.4 Å². The van der Waals surface area contributed by atoms with Crippen molar-refractivity contribution in [1.82, 2.24) is 15.5 Å². The molecule has 2 N–H and O–H groups in total. The highest BCUT2D eigenvalue weighted by molar-refractivity contribution is 5.88. The van der Waals surface area contributed by atoms with E-state index in [-0.39, 0.29) is 23.7 Å². The second-order valence-electron chi connectivity index (χ2n) is 8.36. The van der Waals surface area contributed by atoms with Gasteiger partial charge in [0, 0.05) is 18.5 Å². The Hall–Kier alpha value is -1.10. The van der Waals surface area contributed by atoms with Gasteiger partial charge in [0.1, 0.15) is 6.04 Å². The molecule has 25 heavy (non-hydrogen) atoms. The third-order valence-electron chi connectivity index (χ3n) is 6.05. The lowest BCUT2D eigenvalue weighted by Gasteiger charge is -2.29. The highest BCUT2D eigenvalue weighted by Crippen LogP contribution is 2.28. The first-order chi connectivity index (χ1) is 11.9. The lowest BCUT2D eigenvalue weighted by molar-refractivity contribution is -0.133. The van der Waals surface area contributed by atoms with E-state index in [0.29, 0.717) is 12.6 Å². The number of rotatable bonds is 7. The zero-order valence-electron chi connectivity index (χ0n) is 16.5. The molecule has 2 amide bonds. The number of amides is 2. The van der Waals surface area contributed by atoms with Crippen LogP contribution < -0.4 is 10.6 Å². The molecule has 2 rings (SSSR count). The third kappa shape index (κ3) is 5.70. The summed E-state index contributed by atoms with van der Waals surface area (Å²) >= 11 is 0. The summed E-state index contributed by atoms with van der Waals surface area (Å²) in [6.07, 6.45) is 6.49. The van der Waals surface area contributed by atoms with Gasteiger partial charge in [-0.1, -0.05) is 27.7 Å². The van der Waals surface area contributed by atoms with Gasteiger partial charge in [0.25, 0.3) is 0 Å². The molecule has 0 aromatic heterocycles. The minimum Gasteiger partial charge on any atom is -0.353 e. The Morgan fingerprint density at radius 3 is 2.40 bits per heavy atom. The van der Waals surface area contributed by atoms with E-state index in [1.165, 1.54) is 6.42 Å². The van der Waals surface area contributed by atoms with Gasteiger partial charge in [-0.15, -0.1) is 0 Å². The molecule has 1 aliphatic heterocycles. The summed E-state index contributed by atoms with van der Waals surface area (Å²) in [5.74, 6) is 0.932. The lowest BCUT2D eigenvalue weighted by Crippen LogP contribution is -2.53. The van der Waals surface area contributed by atoms with E-state index in [4.69, 9.17) is 0 Å². The summed E-state index contributed by atoms with van der Waals surface area (Å²) in [5, 5.41) is 6.13. The number of likely N-dealkylation sites (tertiary alicyclic amines) is 1. The van der Waals surface area contributed by atoms with E-state index >= 15 is 0 Å². The molecule has 1 aliphatic carbocycles. The molecule has 0 aromatic carbocycles. The second kappa shape index (κ2) is 9.56. The maximum atomic E-state index is 12.7. The molecule has 5 nitrogen and oxygen atoms in total. The topological polar surface area (TPSA) is 61.4 Å². The van der Waals surface area contributed by atoms with Crippen LogP contribution in [0.5, 0.6) is 0 Å². The number of nitrogens with zero attached hydrogens (tertiary/aromatic N) is 1. The molecule has 0 bridgehead atoms. The number of carbonyl (C=O) groups is 2. The van der Waals surface area contributed by atoms with Crippen LogP contribution in [-0.4, -0.2) is 48.4 Å². The van der Waals surface area contributed by atoms with Crippen molar-refractivity contribution in [2.45, 2.75) is 78.3 Å². The van der Waals surface area contributed by atoms with Crippen LogP contribution in [0.25, 0.3) is 0 Å². The molecule has 5 heteroatoms. The number of carbonyl (C=O) groups excluding carboxylic acids is 2. The first-order valence-corrected chi connectivity index (χ1v) is 10.2. The standard InChI is InChI=1S/C20H37N3O2/c1-5-23-12-6-7-17(23)13-21-20(25)18(14(2)3)22-19(24)16-10-8-15(4)9-11-16/h14-18H,5-13H2,1-4H3,(H,21,25)(H,22,24)/t15?,16?,17-,18+/m0/s1. The Labute approximate surface area is 153 Å². The number of nitrogens with one attached hydrogen (secondary N) is 2. The Kier molecular flexibility index (Phi) is 7.73.